The largest absolute Gasteiger partial charge is 0.339 e. The van der Waals surface area contributed by atoms with E-state index in [9.17, 15) is 13.2 Å². The SMILES string of the molecule is CC(C1CC1)N(C)C(=O)c1cccc(NS(=O)(=O)c2ccc(Br)cc2)c1. The Morgan fingerprint density at radius 1 is 1.19 bits per heavy atom. The van der Waals surface area contributed by atoms with Crippen molar-refractivity contribution in [3.05, 3.63) is 58.6 Å². The second-order valence-electron chi connectivity index (χ2n) is 6.63. The van der Waals surface area contributed by atoms with E-state index >= 15 is 0 Å². The first-order chi connectivity index (χ1) is 12.3. The zero-order chi connectivity index (χ0) is 18.9. The molecule has 26 heavy (non-hydrogen) atoms. The van der Waals surface area contributed by atoms with Crippen LogP contribution in [0.5, 0.6) is 0 Å². The number of halogens is 1. The van der Waals surface area contributed by atoms with Crippen molar-refractivity contribution in [2.24, 2.45) is 5.92 Å². The molecule has 1 N–H and O–H groups in total. The molecule has 0 heterocycles. The summed E-state index contributed by atoms with van der Waals surface area (Å²) in [5.74, 6) is 0.470. The molecule has 0 radical (unpaired) electrons. The van der Waals surface area contributed by atoms with Gasteiger partial charge in [0.2, 0.25) is 0 Å². The van der Waals surface area contributed by atoms with Crippen LogP contribution < -0.4 is 4.72 Å². The van der Waals surface area contributed by atoms with Crippen molar-refractivity contribution in [2.45, 2.75) is 30.7 Å². The number of sulfonamides is 1. The zero-order valence-corrected chi connectivity index (χ0v) is 17.0. The van der Waals surface area contributed by atoms with Crippen LogP contribution in [0.4, 0.5) is 5.69 Å². The zero-order valence-electron chi connectivity index (χ0n) is 14.6. The molecule has 1 amide bonds. The molecule has 0 spiro atoms. The maximum Gasteiger partial charge on any atom is 0.261 e. The molecule has 0 saturated heterocycles. The van der Waals surface area contributed by atoms with Gasteiger partial charge >= 0.3 is 0 Å². The van der Waals surface area contributed by atoms with Gasteiger partial charge in [-0.05, 0) is 68.1 Å². The van der Waals surface area contributed by atoms with Crippen LogP contribution in [0.25, 0.3) is 0 Å². The summed E-state index contributed by atoms with van der Waals surface area (Å²) >= 11 is 3.29. The van der Waals surface area contributed by atoms with Gasteiger partial charge in [0, 0.05) is 28.8 Å². The van der Waals surface area contributed by atoms with Crippen LogP contribution in [-0.4, -0.2) is 32.3 Å². The van der Waals surface area contributed by atoms with E-state index in [2.05, 4.69) is 27.6 Å². The summed E-state index contributed by atoms with van der Waals surface area (Å²) in [6.45, 7) is 2.05. The van der Waals surface area contributed by atoms with E-state index in [1.54, 1.807) is 48.3 Å². The minimum Gasteiger partial charge on any atom is -0.339 e. The average molecular weight is 437 g/mol. The van der Waals surface area contributed by atoms with Gasteiger partial charge in [-0.15, -0.1) is 0 Å². The Morgan fingerprint density at radius 3 is 2.46 bits per heavy atom. The van der Waals surface area contributed by atoms with E-state index in [0.29, 0.717) is 17.2 Å². The highest BCUT2D eigenvalue weighted by Crippen LogP contribution is 2.35. The number of hydrogen-bond donors (Lipinski definition) is 1. The molecule has 1 unspecified atom stereocenters. The number of amides is 1. The normalized spacial score (nSPS) is 15.3. The molecule has 1 saturated carbocycles. The minimum atomic E-state index is -3.71. The second kappa shape index (κ2) is 7.40. The van der Waals surface area contributed by atoms with E-state index in [1.807, 2.05) is 0 Å². The fourth-order valence-electron chi connectivity index (χ4n) is 2.83. The molecule has 1 aliphatic carbocycles. The van der Waals surface area contributed by atoms with Gasteiger partial charge in [-0.1, -0.05) is 22.0 Å². The van der Waals surface area contributed by atoms with Gasteiger partial charge in [0.15, 0.2) is 0 Å². The summed E-state index contributed by atoms with van der Waals surface area (Å²) in [5, 5.41) is 0. The number of hydrogen-bond acceptors (Lipinski definition) is 3. The quantitative estimate of drug-likeness (QED) is 0.740. The third-order valence-corrected chi connectivity index (χ3v) is 6.65. The molecule has 2 aromatic carbocycles. The Bertz CT molecular complexity index is 909. The van der Waals surface area contributed by atoms with Gasteiger partial charge in [0.1, 0.15) is 0 Å². The maximum atomic E-state index is 12.7. The number of carbonyl (C=O) groups excluding carboxylic acids is 1. The maximum absolute atomic E-state index is 12.7. The summed E-state index contributed by atoms with van der Waals surface area (Å²) in [6.07, 6.45) is 2.32. The first-order valence-electron chi connectivity index (χ1n) is 8.43. The van der Waals surface area contributed by atoms with Crippen molar-refractivity contribution in [3.8, 4) is 0 Å². The molecule has 3 rings (SSSR count). The first-order valence-corrected chi connectivity index (χ1v) is 10.7. The summed E-state index contributed by atoms with van der Waals surface area (Å²) in [7, 11) is -1.91. The Morgan fingerprint density at radius 2 is 1.85 bits per heavy atom. The van der Waals surface area contributed by atoms with Crippen LogP contribution >= 0.6 is 15.9 Å². The monoisotopic (exact) mass is 436 g/mol. The van der Waals surface area contributed by atoms with Crippen LogP contribution in [0.1, 0.15) is 30.1 Å². The molecule has 5 nitrogen and oxygen atoms in total. The molecular formula is C19H21BrN2O3S. The van der Waals surface area contributed by atoms with Crippen LogP contribution in [0.3, 0.4) is 0 Å². The van der Waals surface area contributed by atoms with Gasteiger partial charge in [0.25, 0.3) is 15.9 Å². The Kier molecular flexibility index (Phi) is 5.39. The Balaban J connectivity index is 1.78. The third-order valence-electron chi connectivity index (χ3n) is 4.72. The molecule has 0 aliphatic heterocycles. The number of anilines is 1. The van der Waals surface area contributed by atoms with E-state index in [1.165, 1.54) is 12.1 Å². The van der Waals surface area contributed by atoms with Crippen molar-refractivity contribution in [3.63, 3.8) is 0 Å². The molecule has 2 aromatic rings. The van der Waals surface area contributed by atoms with Crippen molar-refractivity contribution in [1.82, 2.24) is 4.90 Å². The lowest BCUT2D eigenvalue weighted by Crippen LogP contribution is -2.36. The fourth-order valence-corrected chi connectivity index (χ4v) is 4.14. The number of carbonyl (C=O) groups is 1. The van der Waals surface area contributed by atoms with Crippen molar-refractivity contribution < 1.29 is 13.2 Å². The molecule has 0 bridgehead atoms. The smallest absolute Gasteiger partial charge is 0.261 e. The van der Waals surface area contributed by atoms with E-state index < -0.39 is 10.0 Å². The van der Waals surface area contributed by atoms with Crippen LogP contribution in [0.15, 0.2) is 57.9 Å². The lowest BCUT2D eigenvalue weighted by molar-refractivity contribution is 0.0727. The van der Waals surface area contributed by atoms with Crippen LogP contribution in [0, 0.1) is 5.92 Å². The predicted molar refractivity (Wildman–Crippen MR) is 106 cm³/mol. The van der Waals surface area contributed by atoms with Gasteiger partial charge < -0.3 is 4.90 Å². The number of rotatable bonds is 6. The summed E-state index contributed by atoms with van der Waals surface area (Å²) in [5.41, 5.74) is 0.835. The summed E-state index contributed by atoms with van der Waals surface area (Å²) < 4.78 is 28.4. The molecule has 1 fully saturated rings. The van der Waals surface area contributed by atoms with Crippen molar-refractivity contribution in [2.75, 3.05) is 11.8 Å². The lowest BCUT2D eigenvalue weighted by Gasteiger charge is -2.25. The topological polar surface area (TPSA) is 66.5 Å². The Hall–Kier alpha value is -1.86. The molecule has 138 valence electrons. The number of nitrogens with zero attached hydrogens (tertiary/aromatic N) is 1. The van der Waals surface area contributed by atoms with Crippen LogP contribution in [0.2, 0.25) is 0 Å². The molecule has 0 aromatic heterocycles. The molecule has 7 heteroatoms. The van der Waals surface area contributed by atoms with Gasteiger partial charge in [-0.3, -0.25) is 9.52 Å². The average Bonchev–Trinajstić information content (AvgIpc) is 3.45. The van der Waals surface area contributed by atoms with Crippen LogP contribution in [-0.2, 0) is 10.0 Å². The highest BCUT2D eigenvalue weighted by molar-refractivity contribution is 9.10. The summed E-state index contributed by atoms with van der Waals surface area (Å²) in [6, 6.07) is 13.2. The minimum absolute atomic E-state index is 0.103. The predicted octanol–water partition coefficient (Wildman–Crippen LogP) is 4.12. The number of benzene rings is 2. The van der Waals surface area contributed by atoms with Crippen molar-refractivity contribution >= 4 is 37.5 Å². The summed E-state index contributed by atoms with van der Waals surface area (Å²) in [4.78, 5) is 14.6. The van der Waals surface area contributed by atoms with Crippen molar-refractivity contribution in [1.29, 1.82) is 0 Å². The number of nitrogens with one attached hydrogen (secondary N) is 1. The Labute approximate surface area is 162 Å². The lowest BCUT2D eigenvalue weighted by atomic mass is 10.1. The highest BCUT2D eigenvalue weighted by Gasteiger charge is 2.32. The standard InChI is InChI=1S/C19H21BrN2O3S/c1-13(14-6-7-14)22(2)19(23)15-4-3-5-17(12-15)21-26(24,25)18-10-8-16(20)9-11-18/h3-5,8-14,21H,6-7H2,1-2H3. The third kappa shape index (κ3) is 4.27. The molecular weight excluding hydrogens is 416 g/mol. The first kappa shape index (κ1) is 18.9. The van der Waals surface area contributed by atoms with E-state index in [4.69, 9.17) is 0 Å². The van der Waals surface area contributed by atoms with Gasteiger partial charge in [0.05, 0.1) is 4.90 Å². The van der Waals surface area contributed by atoms with Gasteiger partial charge in [-0.2, -0.15) is 0 Å². The molecule has 1 aliphatic rings. The molecule has 1 atom stereocenters. The highest BCUT2D eigenvalue weighted by atomic mass is 79.9. The van der Waals surface area contributed by atoms with E-state index in [0.717, 1.165) is 17.3 Å². The van der Waals surface area contributed by atoms with Gasteiger partial charge in [-0.25, -0.2) is 8.42 Å². The van der Waals surface area contributed by atoms with E-state index in [-0.39, 0.29) is 16.8 Å². The fraction of sp³-hybridized carbons (Fsp3) is 0.316. The second-order valence-corrected chi connectivity index (χ2v) is 9.23.